The minimum atomic E-state index is 0.456. The van der Waals surface area contributed by atoms with Gasteiger partial charge < -0.3 is 4.74 Å². The Labute approximate surface area is 288 Å². The predicted octanol–water partition coefficient (Wildman–Crippen LogP) is 14.1. The fourth-order valence-corrected chi connectivity index (χ4v) is 12.1. The van der Waals surface area contributed by atoms with E-state index in [1.165, 1.54) is 161 Å². The van der Waals surface area contributed by atoms with Crippen molar-refractivity contribution in [3.8, 4) is 0 Å². The number of ether oxygens (including phenoxy) is 1. The normalized spacial score (nSPS) is 36.0. The molecule has 1 nitrogen and oxygen atoms in total. The molecule has 0 aromatic rings. The Morgan fingerprint density at radius 1 is 0.739 bits per heavy atom. The minimum absolute atomic E-state index is 0.456. The smallest absolute Gasteiger partial charge is 0.0612 e. The molecule has 0 radical (unpaired) electrons. The highest BCUT2D eigenvalue weighted by Crippen LogP contribution is 2.67. The number of fused-ring (bicyclic) bond motifs is 5. The van der Waals surface area contributed by atoms with Crippen LogP contribution in [-0.2, 0) is 4.74 Å². The van der Waals surface area contributed by atoms with Gasteiger partial charge in [-0.1, -0.05) is 142 Å². The molecule has 0 saturated heterocycles. The Kier molecular flexibility index (Phi) is 14.3. The lowest BCUT2D eigenvalue weighted by Crippen LogP contribution is -2.51. The van der Waals surface area contributed by atoms with Gasteiger partial charge in [0.2, 0.25) is 0 Å². The van der Waals surface area contributed by atoms with E-state index >= 15 is 0 Å². The zero-order valence-electron chi connectivity index (χ0n) is 31.6. The molecule has 5 aliphatic carbocycles. The molecule has 3 fully saturated rings. The first kappa shape index (κ1) is 36.7. The van der Waals surface area contributed by atoms with E-state index in [2.05, 4.69) is 52.8 Å². The van der Waals surface area contributed by atoms with E-state index in [4.69, 9.17) is 4.74 Å². The number of rotatable bonds is 20. The molecule has 5 rings (SSSR count). The molecule has 0 heterocycles. The van der Waals surface area contributed by atoms with Crippen LogP contribution in [0.15, 0.2) is 23.8 Å². The van der Waals surface area contributed by atoms with Gasteiger partial charge in [-0.05, 0) is 129 Å². The van der Waals surface area contributed by atoms with Crippen molar-refractivity contribution < 1.29 is 4.74 Å². The minimum Gasteiger partial charge on any atom is -0.378 e. The van der Waals surface area contributed by atoms with Gasteiger partial charge in [-0.25, -0.2) is 0 Å². The van der Waals surface area contributed by atoms with Crippen LogP contribution in [0.3, 0.4) is 0 Å². The van der Waals surface area contributed by atoms with Crippen LogP contribution in [0, 0.1) is 52.3 Å². The first-order chi connectivity index (χ1) is 22.3. The molecular weight excluding hydrogens is 556 g/mol. The average molecular weight is 635 g/mol. The molecule has 0 spiro atoms. The average Bonchev–Trinajstić information content (AvgIpc) is 3.68. The van der Waals surface area contributed by atoms with Gasteiger partial charge in [0, 0.05) is 6.61 Å². The first-order valence-corrected chi connectivity index (χ1v) is 21.3. The van der Waals surface area contributed by atoms with E-state index in [0.717, 1.165) is 48.0 Å². The van der Waals surface area contributed by atoms with E-state index in [1.54, 1.807) is 5.57 Å². The molecule has 0 bridgehead atoms. The third-order valence-corrected chi connectivity index (χ3v) is 14.9. The Bertz CT molecular complexity index is 945. The van der Waals surface area contributed by atoms with Crippen molar-refractivity contribution in [2.75, 3.05) is 6.61 Å². The summed E-state index contributed by atoms with van der Waals surface area (Å²) in [7, 11) is 0. The molecule has 264 valence electrons. The highest BCUT2D eigenvalue weighted by Gasteiger charge is 2.59. The number of hydrogen-bond donors (Lipinski definition) is 0. The van der Waals surface area contributed by atoms with Crippen LogP contribution in [0.4, 0.5) is 0 Å². The molecular formula is C45H78O. The fourth-order valence-electron chi connectivity index (χ4n) is 12.1. The zero-order chi connectivity index (χ0) is 32.4. The highest BCUT2D eigenvalue weighted by atomic mass is 16.5. The lowest BCUT2D eigenvalue weighted by atomic mass is 9.47. The van der Waals surface area contributed by atoms with Gasteiger partial charge in [0.15, 0.2) is 0 Å². The molecule has 5 aliphatic rings. The molecule has 0 aromatic carbocycles. The van der Waals surface area contributed by atoms with Gasteiger partial charge >= 0.3 is 0 Å². The molecule has 3 saturated carbocycles. The summed E-state index contributed by atoms with van der Waals surface area (Å²) >= 11 is 0. The molecule has 0 amide bonds. The van der Waals surface area contributed by atoms with E-state index < -0.39 is 0 Å². The van der Waals surface area contributed by atoms with Crippen molar-refractivity contribution in [1.29, 1.82) is 0 Å². The molecule has 0 unspecified atom stereocenters. The lowest BCUT2D eigenvalue weighted by molar-refractivity contribution is -0.0641. The molecule has 0 aliphatic heterocycles. The largest absolute Gasteiger partial charge is 0.378 e. The predicted molar refractivity (Wildman–Crippen MR) is 200 cm³/mol. The van der Waals surface area contributed by atoms with Gasteiger partial charge in [0.05, 0.1) is 6.10 Å². The SMILES string of the molecule is CC(C)CCC[C@@H](C)[C@H]1CC[C@H]2[C@@H]3CC=C4C[C@@H](OCCCCCCCCCCCCC[C@H]5C=CCC5)CC[C@]4(C)[C@H]3CC[C@]12C. The number of allylic oxidation sites excluding steroid dienone is 3. The second-order valence-corrected chi connectivity index (χ2v) is 18.5. The summed E-state index contributed by atoms with van der Waals surface area (Å²) in [5.41, 5.74) is 2.86. The Morgan fingerprint density at radius 2 is 1.46 bits per heavy atom. The van der Waals surface area contributed by atoms with Crippen LogP contribution in [0.5, 0.6) is 0 Å². The lowest BCUT2D eigenvalue weighted by Gasteiger charge is -2.58. The van der Waals surface area contributed by atoms with Gasteiger partial charge in [-0.2, -0.15) is 0 Å². The first-order valence-electron chi connectivity index (χ1n) is 21.3. The van der Waals surface area contributed by atoms with Gasteiger partial charge in [0.1, 0.15) is 0 Å². The van der Waals surface area contributed by atoms with E-state index in [-0.39, 0.29) is 0 Å². The maximum atomic E-state index is 6.57. The number of hydrogen-bond acceptors (Lipinski definition) is 1. The molecule has 9 atom stereocenters. The van der Waals surface area contributed by atoms with Crippen molar-refractivity contribution >= 4 is 0 Å². The van der Waals surface area contributed by atoms with Crippen LogP contribution in [-0.4, -0.2) is 12.7 Å². The van der Waals surface area contributed by atoms with Gasteiger partial charge in [-0.3, -0.25) is 0 Å². The summed E-state index contributed by atoms with van der Waals surface area (Å²) in [5.74, 6) is 6.51. The van der Waals surface area contributed by atoms with Gasteiger partial charge in [-0.15, -0.1) is 0 Å². The van der Waals surface area contributed by atoms with E-state index in [9.17, 15) is 0 Å². The Hall–Kier alpha value is -0.560. The van der Waals surface area contributed by atoms with E-state index in [0.29, 0.717) is 16.9 Å². The monoisotopic (exact) mass is 635 g/mol. The maximum Gasteiger partial charge on any atom is 0.0612 e. The highest BCUT2D eigenvalue weighted by molar-refractivity contribution is 5.25. The number of unbranched alkanes of at least 4 members (excludes halogenated alkanes) is 10. The van der Waals surface area contributed by atoms with Crippen LogP contribution in [0.25, 0.3) is 0 Å². The maximum absolute atomic E-state index is 6.57. The Morgan fingerprint density at radius 3 is 2.15 bits per heavy atom. The standard InChI is InChI=1S/C45H78O/c1-35(2)20-19-21-36(3)41-27-28-42-40-26-25-38-34-39(29-31-44(38,4)43(40)30-32-45(41,42)5)46-33-18-14-12-10-8-6-7-9-11-13-15-22-37-23-16-17-24-37/h16,23,25,35-37,39-43H,6-15,17-22,24,26-34H2,1-5H3/t36-,37+,39+,40+,41-,42+,43+,44+,45-/m1/s1. The van der Waals surface area contributed by atoms with Crippen molar-refractivity contribution in [2.45, 2.75) is 201 Å². The third-order valence-electron chi connectivity index (χ3n) is 14.9. The summed E-state index contributed by atoms with van der Waals surface area (Å²) in [6.07, 6.45) is 43.6. The second kappa shape index (κ2) is 17.9. The van der Waals surface area contributed by atoms with Crippen molar-refractivity contribution in [3.63, 3.8) is 0 Å². The second-order valence-electron chi connectivity index (χ2n) is 18.5. The summed E-state index contributed by atoms with van der Waals surface area (Å²) in [5, 5.41) is 0. The summed E-state index contributed by atoms with van der Waals surface area (Å²) in [6, 6.07) is 0. The van der Waals surface area contributed by atoms with Gasteiger partial charge in [0.25, 0.3) is 0 Å². The summed E-state index contributed by atoms with van der Waals surface area (Å²) in [6.45, 7) is 13.8. The van der Waals surface area contributed by atoms with Crippen molar-refractivity contribution in [2.24, 2.45) is 52.3 Å². The van der Waals surface area contributed by atoms with Crippen molar-refractivity contribution in [1.82, 2.24) is 0 Å². The van der Waals surface area contributed by atoms with Crippen molar-refractivity contribution in [3.05, 3.63) is 23.8 Å². The molecule has 0 aromatic heterocycles. The topological polar surface area (TPSA) is 9.23 Å². The molecule has 0 N–H and O–H groups in total. The third kappa shape index (κ3) is 9.36. The summed E-state index contributed by atoms with van der Waals surface area (Å²) < 4.78 is 6.57. The zero-order valence-corrected chi connectivity index (χ0v) is 31.6. The van der Waals surface area contributed by atoms with E-state index in [1.807, 2.05) is 0 Å². The van der Waals surface area contributed by atoms with Crippen LogP contribution in [0.2, 0.25) is 0 Å². The molecule has 1 heteroatoms. The Balaban J connectivity index is 0.936. The summed E-state index contributed by atoms with van der Waals surface area (Å²) in [4.78, 5) is 0. The van der Waals surface area contributed by atoms with Crippen LogP contribution in [0.1, 0.15) is 195 Å². The van der Waals surface area contributed by atoms with Crippen LogP contribution >= 0.6 is 0 Å². The fraction of sp³-hybridized carbons (Fsp3) is 0.911. The van der Waals surface area contributed by atoms with Crippen LogP contribution < -0.4 is 0 Å². The molecule has 46 heavy (non-hydrogen) atoms. The quantitative estimate of drug-likeness (QED) is 0.0956.